The molecule has 0 saturated carbocycles. The maximum Gasteiger partial charge on any atom is 0.305 e. The Labute approximate surface area is 166 Å². The number of methoxy groups -OCH3 is 1. The van der Waals surface area contributed by atoms with Gasteiger partial charge in [-0.2, -0.15) is 4.98 Å². The number of carbonyl (C=O) groups excluding carboxylic acids is 1. The Morgan fingerprint density at radius 3 is 2.79 bits per heavy atom. The van der Waals surface area contributed by atoms with Crippen molar-refractivity contribution in [2.75, 3.05) is 12.5 Å². The zero-order chi connectivity index (χ0) is 20.1. The van der Waals surface area contributed by atoms with E-state index < -0.39 is 5.91 Å². The minimum absolute atomic E-state index is 0.137. The number of hydrogen-bond acceptors (Lipinski definition) is 7. The molecule has 0 bridgehead atoms. The first-order valence-corrected chi connectivity index (χ1v) is 8.85. The molecule has 2 aromatic carbocycles. The van der Waals surface area contributed by atoms with Gasteiger partial charge in [-0.05, 0) is 35.0 Å². The van der Waals surface area contributed by atoms with Crippen LogP contribution in [0.5, 0.6) is 11.6 Å². The third-order valence-electron chi connectivity index (χ3n) is 4.11. The molecule has 29 heavy (non-hydrogen) atoms. The molecule has 0 unspecified atom stereocenters. The number of rotatable bonds is 7. The van der Waals surface area contributed by atoms with Gasteiger partial charge in [0.05, 0.1) is 7.11 Å². The molecular formula is C21H18N4O4. The molecule has 2 N–H and O–H groups in total. The van der Waals surface area contributed by atoms with E-state index in [4.69, 9.17) is 13.9 Å². The molecule has 4 rings (SSSR count). The maximum absolute atomic E-state index is 12.2. The lowest BCUT2D eigenvalue weighted by atomic mass is 10.1. The number of amides is 1. The van der Waals surface area contributed by atoms with E-state index in [2.05, 4.69) is 20.8 Å². The van der Waals surface area contributed by atoms with Gasteiger partial charge in [0.15, 0.2) is 5.76 Å². The lowest BCUT2D eigenvalue weighted by molar-refractivity contribution is 0.0930. The molecule has 4 aromatic rings. The van der Waals surface area contributed by atoms with Crippen LogP contribution >= 0.6 is 0 Å². The van der Waals surface area contributed by atoms with E-state index in [0.717, 1.165) is 16.5 Å². The van der Waals surface area contributed by atoms with Crippen LogP contribution in [0.3, 0.4) is 0 Å². The molecule has 0 saturated heterocycles. The quantitative estimate of drug-likeness (QED) is 0.466. The van der Waals surface area contributed by atoms with Gasteiger partial charge in [-0.25, -0.2) is 4.98 Å². The van der Waals surface area contributed by atoms with Crippen molar-refractivity contribution >= 4 is 22.6 Å². The van der Waals surface area contributed by atoms with Crippen LogP contribution in [0.2, 0.25) is 0 Å². The largest absolute Gasteiger partial charge is 0.486 e. The zero-order valence-electron chi connectivity index (χ0n) is 15.6. The summed E-state index contributed by atoms with van der Waals surface area (Å²) in [4.78, 5) is 20.2. The summed E-state index contributed by atoms with van der Waals surface area (Å²) in [6, 6.07) is 18.8. The monoisotopic (exact) mass is 390 g/mol. The molecule has 146 valence electrons. The van der Waals surface area contributed by atoms with E-state index in [-0.39, 0.29) is 18.3 Å². The number of furan rings is 1. The second-order valence-corrected chi connectivity index (χ2v) is 6.07. The minimum atomic E-state index is -0.464. The Balaban J connectivity index is 1.34. The summed E-state index contributed by atoms with van der Waals surface area (Å²) in [5.41, 5.74) is 5.08. The van der Waals surface area contributed by atoms with E-state index in [0.29, 0.717) is 11.6 Å². The Morgan fingerprint density at radius 2 is 1.93 bits per heavy atom. The maximum atomic E-state index is 12.2. The molecule has 0 aliphatic heterocycles. The molecule has 8 heteroatoms. The summed E-state index contributed by atoms with van der Waals surface area (Å²) in [6.45, 7) is 0.206. The molecule has 0 atom stereocenters. The van der Waals surface area contributed by atoms with Crippen molar-refractivity contribution in [3.8, 4) is 11.6 Å². The van der Waals surface area contributed by atoms with Crippen molar-refractivity contribution in [3.63, 3.8) is 0 Å². The average Bonchev–Trinajstić information content (AvgIpc) is 3.25. The Hall–Kier alpha value is -4.07. The summed E-state index contributed by atoms with van der Waals surface area (Å²) in [6.07, 6.45) is 1.51. The van der Waals surface area contributed by atoms with Gasteiger partial charge in [0, 0.05) is 12.3 Å². The number of hydrogen-bond donors (Lipinski definition) is 2. The standard InChI is InChI=1S/C21H18N4O4/c1-27-19-10-11-22-21(23-19)25-24-20(26)18-9-8-17(29-18)13-28-16-7-6-14-4-2-3-5-15(14)12-16/h2-12H,13H2,1H3,(H,24,26)(H,22,23,25). The number of benzene rings is 2. The van der Waals surface area contributed by atoms with Gasteiger partial charge in [0.2, 0.25) is 11.8 Å². The van der Waals surface area contributed by atoms with E-state index in [9.17, 15) is 4.79 Å². The number of ether oxygens (including phenoxy) is 2. The van der Waals surface area contributed by atoms with Gasteiger partial charge >= 0.3 is 5.91 Å². The normalized spacial score (nSPS) is 10.5. The van der Waals surface area contributed by atoms with Crippen molar-refractivity contribution in [1.29, 1.82) is 0 Å². The van der Waals surface area contributed by atoms with E-state index in [1.807, 2.05) is 42.5 Å². The molecule has 1 amide bonds. The number of anilines is 1. The van der Waals surface area contributed by atoms with Crippen LogP contribution in [0.25, 0.3) is 10.8 Å². The summed E-state index contributed by atoms with van der Waals surface area (Å²) < 4.78 is 16.3. The predicted molar refractivity (Wildman–Crippen MR) is 107 cm³/mol. The number of nitrogens with one attached hydrogen (secondary N) is 2. The fourth-order valence-corrected chi connectivity index (χ4v) is 2.68. The van der Waals surface area contributed by atoms with Crippen LogP contribution in [0.15, 0.2) is 71.3 Å². The smallest absolute Gasteiger partial charge is 0.305 e. The van der Waals surface area contributed by atoms with E-state index in [1.54, 1.807) is 18.2 Å². The SMILES string of the molecule is COc1ccnc(NNC(=O)c2ccc(COc3ccc4ccccc4c3)o2)n1. The van der Waals surface area contributed by atoms with E-state index >= 15 is 0 Å². The first kappa shape index (κ1) is 18.3. The molecular weight excluding hydrogens is 372 g/mol. The number of hydrazine groups is 1. The second-order valence-electron chi connectivity index (χ2n) is 6.07. The average molecular weight is 390 g/mol. The van der Waals surface area contributed by atoms with Crippen molar-refractivity contribution < 1.29 is 18.7 Å². The fraction of sp³-hybridized carbons (Fsp3) is 0.0952. The Kier molecular flexibility index (Phi) is 5.24. The molecule has 0 fully saturated rings. The predicted octanol–water partition coefficient (Wildman–Crippen LogP) is 3.57. The van der Waals surface area contributed by atoms with Gasteiger partial charge in [-0.3, -0.25) is 15.6 Å². The summed E-state index contributed by atoms with van der Waals surface area (Å²) in [5, 5.41) is 2.24. The van der Waals surface area contributed by atoms with Crippen molar-refractivity contribution in [2.24, 2.45) is 0 Å². The highest BCUT2D eigenvalue weighted by atomic mass is 16.5. The lowest BCUT2D eigenvalue weighted by Gasteiger charge is -2.07. The van der Waals surface area contributed by atoms with Crippen LogP contribution in [0.1, 0.15) is 16.3 Å². The van der Waals surface area contributed by atoms with E-state index in [1.165, 1.54) is 13.3 Å². The highest BCUT2D eigenvalue weighted by Crippen LogP contribution is 2.21. The van der Waals surface area contributed by atoms with Crippen LogP contribution in [-0.4, -0.2) is 23.0 Å². The van der Waals surface area contributed by atoms with Crippen LogP contribution in [-0.2, 0) is 6.61 Å². The molecule has 0 aliphatic carbocycles. The van der Waals surface area contributed by atoms with Gasteiger partial charge in [-0.1, -0.05) is 30.3 Å². The third-order valence-corrected chi connectivity index (χ3v) is 4.11. The lowest BCUT2D eigenvalue weighted by Crippen LogP contribution is -2.30. The highest BCUT2D eigenvalue weighted by Gasteiger charge is 2.12. The van der Waals surface area contributed by atoms with Crippen molar-refractivity contribution in [1.82, 2.24) is 15.4 Å². The van der Waals surface area contributed by atoms with Gasteiger partial charge < -0.3 is 13.9 Å². The molecule has 8 nitrogen and oxygen atoms in total. The second kappa shape index (κ2) is 8.30. The number of nitrogens with zero attached hydrogens (tertiary/aromatic N) is 2. The molecule has 0 radical (unpaired) electrons. The van der Waals surface area contributed by atoms with Gasteiger partial charge in [0.25, 0.3) is 0 Å². The molecule has 2 aromatic heterocycles. The minimum Gasteiger partial charge on any atom is -0.486 e. The number of aromatic nitrogens is 2. The third kappa shape index (κ3) is 4.44. The zero-order valence-corrected chi connectivity index (χ0v) is 15.6. The van der Waals surface area contributed by atoms with Crippen LogP contribution in [0.4, 0.5) is 5.95 Å². The molecule has 0 spiro atoms. The Morgan fingerprint density at radius 1 is 1.07 bits per heavy atom. The van der Waals surface area contributed by atoms with Crippen LogP contribution < -0.4 is 20.3 Å². The Bertz CT molecular complexity index is 1140. The highest BCUT2D eigenvalue weighted by molar-refractivity contribution is 5.92. The van der Waals surface area contributed by atoms with Gasteiger partial charge in [-0.15, -0.1) is 0 Å². The van der Waals surface area contributed by atoms with Crippen molar-refractivity contribution in [3.05, 3.63) is 78.4 Å². The fourth-order valence-electron chi connectivity index (χ4n) is 2.68. The molecule has 0 aliphatic rings. The molecule has 2 heterocycles. The summed E-state index contributed by atoms with van der Waals surface area (Å²) in [7, 11) is 1.50. The first-order chi connectivity index (χ1) is 14.2. The number of fused-ring (bicyclic) bond motifs is 1. The topological polar surface area (TPSA) is 98.5 Å². The van der Waals surface area contributed by atoms with Gasteiger partial charge in [0.1, 0.15) is 18.1 Å². The summed E-state index contributed by atoms with van der Waals surface area (Å²) >= 11 is 0. The van der Waals surface area contributed by atoms with Crippen LogP contribution in [0, 0.1) is 0 Å². The first-order valence-electron chi connectivity index (χ1n) is 8.85. The summed E-state index contributed by atoms with van der Waals surface area (Å²) in [5.74, 6) is 1.50. The van der Waals surface area contributed by atoms with Crippen molar-refractivity contribution in [2.45, 2.75) is 6.61 Å². The number of carbonyl (C=O) groups is 1.